The number of benzene rings is 1. The van der Waals surface area contributed by atoms with Crippen LogP contribution in [0.2, 0.25) is 0 Å². The van der Waals surface area contributed by atoms with Crippen molar-refractivity contribution < 1.29 is 9.18 Å². The van der Waals surface area contributed by atoms with Crippen LogP contribution in [0.1, 0.15) is 26.2 Å². The van der Waals surface area contributed by atoms with Crippen molar-refractivity contribution in [3.05, 3.63) is 46.5 Å². The van der Waals surface area contributed by atoms with Crippen LogP contribution < -0.4 is 5.56 Å². The summed E-state index contributed by atoms with van der Waals surface area (Å²) < 4.78 is 14.7. The van der Waals surface area contributed by atoms with Gasteiger partial charge >= 0.3 is 0 Å². The number of likely N-dealkylation sites (tertiary alicyclic amines) is 1. The fourth-order valence-corrected chi connectivity index (χ4v) is 4.22. The highest BCUT2D eigenvalue weighted by Crippen LogP contribution is 2.23. The number of amides is 1. The Bertz CT molecular complexity index is 1060. The first-order valence-corrected chi connectivity index (χ1v) is 10.2. The van der Waals surface area contributed by atoms with Gasteiger partial charge in [-0.25, -0.2) is 18.9 Å². The molecule has 0 radical (unpaired) electrons. The molecular formula is C19H20FN5O2S. The molecule has 0 aliphatic carbocycles. The number of carbonyl (C=O) groups excluding carboxylic acids is 1. The highest BCUT2D eigenvalue weighted by molar-refractivity contribution is 7.99. The molecule has 0 bridgehead atoms. The second-order valence-corrected chi connectivity index (χ2v) is 7.81. The smallest absolute Gasteiger partial charge is 0.266 e. The van der Waals surface area contributed by atoms with Gasteiger partial charge in [0.15, 0.2) is 16.6 Å². The van der Waals surface area contributed by atoms with E-state index in [0.717, 1.165) is 25.8 Å². The molecule has 0 spiro atoms. The van der Waals surface area contributed by atoms with Gasteiger partial charge in [0.05, 0.1) is 5.75 Å². The summed E-state index contributed by atoms with van der Waals surface area (Å²) in [7, 11) is 0. The molecule has 3 heterocycles. The lowest BCUT2D eigenvalue weighted by Gasteiger charge is -2.33. The van der Waals surface area contributed by atoms with Crippen molar-refractivity contribution in [3.63, 3.8) is 0 Å². The molecule has 1 fully saturated rings. The number of nitrogens with one attached hydrogen (secondary N) is 1. The number of piperidine rings is 1. The molecule has 7 nitrogen and oxygen atoms in total. The Morgan fingerprint density at radius 3 is 2.82 bits per heavy atom. The first-order chi connectivity index (χ1) is 13.5. The van der Waals surface area contributed by atoms with Crippen LogP contribution in [0.5, 0.6) is 0 Å². The van der Waals surface area contributed by atoms with Crippen LogP contribution in [0, 0.1) is 5.82 Å². The van der Waals surface area contributed by atoms with E-state index in [2.05, 4.69) is 22.0 Å². The van der Waals surface area contributed by atoms with Gasteiger partial charge in [-0.15, -0.1) is 0 Å². The Balaban J connectivity index is 1.62. The van der Waals surface area contributed by atoms with Gasteiger partial charge in [0, 0.05) is 24.2 Å². The molecule has 1 aliphatic heterocycles. The minimum absolute atomic E-state index is 0.0572. The molecule has 1 saturated heterocycles. The lowest BCUT2D eigenvalue weighted by molar-refractivity contribution is -0.131. The number of rotatable bonds is 4. The Hall–Kier alpha value is -2.68. The van der Waals surface area contributed by atoms with Gasteiger partial charge in [0.25, 0.3) is 5.56 Å². The first kappa shape index (κ1) is 18.7. The van der Waals surface area contributed by atoms with Crippen LogP contribution >= 0.6 is 11.8 Å². The molecule has 28 heavy (non-hydrogen) atoms. The Morgan fingerprint density at radius 1 is 1.29 bits per heavy atom. The van der Waals surface area contributed by atoms with Crippen LogP contribution in [0.3, 0.4) is 0 Å². The zero-order chi connectivity index (χ0) is 19.7. The number of aromatic amines is 1. The predicted octanol–water partition coefficient (Wildman–Crippen LogP) is 2.72. The summed E-state index contributed by atoms with van der Waals surface area (Å²) in [5.74, 6) is 0.306. The molecule has 1 atom stereocenters. The Morgan fingerprint density at radius 2 is 2.07 bits per heavy atom. The molecule has 1 aliphatic rings. The van der Waals surface area contributed by atoms with Gasteiger partial charge in [0.2, 0.25) is 5.91 Å². The molecule has 1 aromatic carbocycles. The molecule has 1 unspecified atom stereocenters. The summed E-state index contributed by atoms with van der Waals surface area (Å²) >= 11 is 1.26. The third-order valence-electron chi connectivity index (χ3n) is 4.88. The SMILES string of the molecule is CC1CCCCN1C(=O)CSc1nc(-c2ccc(F)cc2)nc2cc(=O)[nH]n12. The number of halogens is 1. The monoisotopic (exact) mass is 401 g/mol. The van der Waals surface area contributed by atoms with Crippen LogP contribution in [-0.4, -0.2) is 48.7 Å². The van der Waals surface area contributed by atoms with Crippen molar-refractivity contribution in [3.8, 4) is 11.4 Å². The fraction of sp³-hybridized carbons (Fsp3) is 0.368. The third kappa shape index (κ3) is 3.80. The van der Waals surface area contributed by atoms with Crippen molar-refractivity contribution >= 4 is 23.3 Å². The van der Waals surface area contributed by atoms with Gasteiger partial charge in [-0.05, 0) is 50.5 Å². The molecule has 1 amide bonds. The third-order valence-corrected chi connectivity index (χ3v) is 5.80. The summed E-state index contributed by atoms with van der Waals surface area (Å²) in [6.45, 7) is 2.85. The van der Waals surface area contributed by atoms with Gasteiger partial charge in [-0.3, -0.25) is 14.7 Å². The molecule has 2 aromatic heterocycles. The highest BCUT2D eigenvalue weighted by atomic mass is 32.2. The average molecular weight is 401 g/mol. The van der Waals surface area contributed by atoms with Crippen LogP contribution in [0.25, 0.3) is 17.0 Å². The van der Waals surface area contributed by atoms with Crippen molar-refractivity contribution in [2.75, 3.05) is 12.3 Å². The van der Waals surface area contributed by atoms with Crippen LogP contribution in [-0.2, 0) is 4.79 Å². The summed E-state index contributed by atoms with van der Waals surface area (Å²) in [6, 6.07) is 7.45. The second-order valence-electron chi connectivity index (χ2n) is 6.87. The van der Waals surface area contributed by atoms with Gasteiger partial charge < -0.3 is 4.90 Å². The number of carbonyl (C=O) groups is 1. The maximum atomic E-state index is 13.2. The van der Waals surface area contributed by atoms with Crippen molar-refractivity contribution in [1.29, 1.82) is 0 Å². The van der Waals surface area contributed by atoms with Gasteiger partial charge in [-0.2, -0.15) is 0 Å². The zero-order valence-corrected chi connectivity index (χ0v) is 16.2. The topological polar surface area (TPSA) is 83.4 Å². The summed E-state index contributed by atoms with van der Waals surface area (Å²) in [6.07, 6.45) is 3.20. The maximum Gasteiger partial charge on any atom is 0.266 e. The lowest BCUT2D eigenvalue weighted by Crippen LogP contribution is -2.43. The molecule has 3 aromatic rings. The Labute approximate surface area is 165 Å². The molecule has 1 N–H and O–H groups in total. The van der Waals surface area contributed by atoms with E-state index in [4.69, 9.17) is 0 Å². The molecule has 9 heteroatoms. The standard InChI is InChI=1S/C19H20FN5O2S/c1-12-4-2-3-9-24(12)17(27)11-28-19-22-18(13-5-7-14(20)8-6-13)21-15-10-16(26)23-25(15)19/h5-8,10,12H,2-4,9,11H2,1H3,(H,23,26). The number of aromatic nitrogens is 4. The minimum Gasteiger partial charge on any atom is -0.339 e. The van der Waals surface area contributed by atoms with E-state index in [1.165, 1.54) is 34.5 Å². The normalized spacial score (nSPS) is 17.2. The van der Waals surface area contributed by atoms with E-state index in [1.807, 2.05) is 4.90 Å². The van der Waals surface area contributed by atoms with Crippen molar-refractivity contribution in [2.24, 2.45) is 0 Å². The number of hydrogen-bond acceptors (Lipinski definition) is 5. The van der Waals surface area contributed by atoms with Gasteiger partial charge in [-0.1, -0.05) is 11.8 Å². The number of fused-ring (bicyclic) bond motifs is 1. The van der Waals surface area contributed by atoms with E-state index < -0.39 is 0 Å². The number of thioether (sulfide) groups is 1. The number of nitrogens with zero attached hydrogens (tertiary/aromatic N) is 4. The zero-order valence-electron chi connectivity index (χ0n) is 15.4. The summed E-state index contributed by atoms with van der Waals surface area (Å²) in [5.41, 5.74) is 0.736. The van der Waals surface area contributed by atoms with Crippen LogP contribution in [0.4, 0.5) is 4.39 Å². The van der Waals surface area contributed by atoms with Gasteiger partial charge in [0.1, 0.15) is 5.82 Å². The Kier molecular flexibility index (Phi) is 5.17. The fourth-order valence-electron chi connectivity index (χ4n) is 3.39. The predicted molar refractivity (Wildman–Crippen MR) is 105 cm³/mol. The van der Waals surface area contributed by atoms with E-state index in [9.17, 15) is 14.0 Å². The van der Waals surface area contributed by atoms with E-state index in [1.54, 1.807) is 12.1 Å². The molecular weight excluding hydrogens is 381 g/mol. The largest absolute Gasteiger partial charge is 0.339 e. The van der Waals surface area contributed by atoms with E-state index in [0.29, 0.717) is 22.2 Å². The lowest BCUT2D eigenvalue weighted by atomic mass is 10.0. The number of hydrogen-bond donors (Lipinski definition) is 1. The maximum absolute atomic E-state index is 13.2. The van der Waals surface area contributed by atoms with E-state index in [-0.39, 0.29) is 29.1 Å². The quantitative estimate of drug-likeness (QED) is 0.680. The molecule has 146 valence electrons. The summed E-state index contributed by atoms with van der Waals surface area (Å²) in [4.78, 5) is 35.2. The van der Waals surface area contributed by atoms with Crippen LogP contribution in [0.15, 0.2) is 40.3 Å². The highest BCUT2D eigenvalue weighted by Gasteiger charge is 2.23. The average Bonchev–Trinajstić information content (AvgIpc) is 3.07. The van der Waals surface area contributed by atoms with Crippen molar-refractivity contribution in [1.82, 2.24) is 24.5 Å². The number of H-pyrrole nitrogens is 1. The molecule has 4 rings (SSSR count). The van der Waals surface area contributed by atoms with E-state index >= 15 is 0 Å². The van der Waals surface area contributed by atoms with Crippen molar-refractivity contribution in [2.45, 2.75) is 37.4 Å². The molecule has 0 saturated carbocycles. The second kappa shape index (κ2) is 7.75. The minimum atomic E-state index is -0.349. The summed E-state index contributed by atoms with van der Waals surface area (Å²) in [5, 5.41) is 3.12. The first-order valence-electron chi connectivity index (χ1n) is 9.19.